The van der Waals surface area contributed by atoms with Crippen LogP contribution in [0.5, 0.6) is 0 Å². The maximum absolute atomic E-state index is 13.7. The van der Waals surface area contributed by atoms with Gasteiger partial charge in [0.15, 0.2) is 5.92 Å². The third-order valence-electron chi connectivity index (χ3n) is 10.8. The van der Waals surface area contributed by atoms with Gasteiger partial charge in [-0.1, -0.05) is 0 Å². The van der Waals surface area contributed by atoms with Crippen molar-refractivity contribution in [1.29, 1.82) is 0 Å². The Labute approximate surface area is 269 Å². The normalized spacial score (nSPS) is 31.3. The zero-order chi connectivity index (χ0) is 34.8. The van der Waals surface area contributed by atoms with Gasteiger partial charge >= 0.3 is 17.9 Å². The molecule has 0 aliphatic carbocycles. The molecule has 3 saturated heterocycles. The third-order valence-corrected chi connectivity index (χ3v) is 10.8. The SMILES string of the molecule is CC1(C)CC(OC(=O)C(CC(=O)OC2CC(C)(C)[N+](C)(O)C(C)(C)C2)C(=O)OC2CC(C)(C)N(O)C(C)(C)C2)CC(C)(C)N1O. The Morgan fingerprint density at radius 3 is 1.22 bits per heavy atom. The van der Waals surface area contributed by atoms with Crippen molar-refractivity contribution in [2.45, 2.75) is 180 Å². The first-order valence-corrected chi connectivity index (χ1v) is 16.2. The summed E-state index contributed by atoms with van der Waals surface area (Å²) in [6.45, 7) is 22.4. The molecule has 0 spiro atoms. The van der Waals surface area contributed by atoms with Crippen LogP contribution in [0.1, 0.15) is 128 Å². The topological polar surface area (TPSA) is 146 Å². The number of nitrogens with zero attached hydrogens (tertiary/aromatic N) is 3. The number of rotatable bonds is 7. The molecule has 0 aromatic rings. The molecule has 0 bridgehead atoms. The first-order valence-electron chi connectivity index (χ1n) is 16.2. The van der Waals surface area contributed by atoms with Crippen LogP contribution >= 0.6 is 0 Å². The van der Waals surface area contributed by atoms with Crippen molar-refractivity contribution in [3.8, 4) is 0 Å². The molecule has 3 fully saturated rings. The molecule has 3 aliphatic heterocycles. The lowest BCUT2D eigenvalue weighted by Crippen LogP contribution is -2.71. The molecule has 0 radical (unpaired) electrons. The Balaban J connectivity index is 1.82. The number of carbonyl (C=O) groups is 3. The predicted molar refractivity (Wildman–Crippen MR) is 165 cm³/mol. The van der Waals surface area contributed by atoms with E-state index in [0.717, 1.165) is 0 Å². The minimum Gasteiger partial charge on any atom is -0.462 e. The van der Waals surface area contributed by atoms with Crippen LogP contribution in [0.3, 0.4) is 0 Å². The predicted octanol–water partition coefficient (Wildman–Crippen LogP) is 5.00. The zero-order valence-corrected chi connectivity index (χ0v) is 29.9. The number of carbonyl (C=O) groups excluding carboxylic acids is 3. The second kappa shape index (κ2) is 12.0. The van der Waals surface area contributed by atoms with Gasteiger partial charge < -0.3 is 24.6 Å². The van der Waals surface area contributed by atoms with E-state index in [1.54, 1.807) is 7.05 Å². The molecule has 0 saturated carbocycles. The molecule has 3 rings (SSSR count). The van der Waals surface area contributed by atoms with Gasteiger partial charge in [-0.25, -0.2) is 5.21 Å². The highest BCUT2D eigenvalue weighted by Gasteiger charge is 2.58. The Morgan fingerprint density at radius 1 is 0.622 bits per heavy atom. The van der Waals surface area contributed by atoms with Crippen LogP contribution in [0.25, 0.3) is 0 Å². The fraction of sp³-hybridized carbons (Fsp3) is 0.909. The zero-order valence-electron chi connectivity index (χ0n) is 29.9. The number of piperidine rings is 3. The summed E-state index contributed by atoms with van der Waals surface area (Å²) in [5.41, 5.74) is -4.03. The average molecular weight is 643 g/mol. The molecule has 3 aliphatic rings. The Kier molecular flexibility index (Phi) is 10.0. The summed E-state index contributed by atoms with van der Waals surface area (Å²) < 4.78 is 17.4. The van der Waals surface area contributed by atoms with Crippen molar-refractivity contribution in [1.82, 2.24) is 10.1 Å². The van der Waals surface area contributed by atoms with Crippen molar-refractivity contribution < 1.29 is 48.9 Å². The van der Waals surface area contributed by atoms with E-state index in [4.69, 9.17) is 14.2 Å². The van der Waals surface area contributed by atoms with Gasteiger partial charge in [0.05, 0.1) is 13.5 Å². The Hall–Kier alpha value is -1.83. The summed E-state index contributed by atoms with van der Waals surface area (Å²) >= 11 is 0. The van der Waals surface area contributed by atoms with Gasteiger partial charge in [0, 0.05) is 60.7 Å². The number of hydrogen-bond acceptors (Lipinski definition) is 11. The van der Waals surface area contributed by atoms with E-state index in [-0.39, 0.29) is 4.65 Å². The fourth-order valence-electron chi connectivity index (χ4n) is 8.13. The molecule has 45 heavy (non-hydrogen) atoms. The standard InChI is InChI=1S/C33H60N3O9/c1-28(2)15-21(16-29(3,4)34(28)40)44-26(38)24(27(39)45-22-17-30(5,6)35(41)31(7,8)18-22)14-25(37)43-23-19-32(9,10)36(13,42)33(11,12)20-23/h21-24,40-42H,14-20H2,1-13H3/q+1. The van der Waals surface area contributed by atoms with E-state index in [9.17, 15) is 30.0 Å². The van der Waals surface area contributed by atoms with Crippen LogP contribution in [0.4, 0.5) is 0 Å². The number of likely N-dealkylation sites (tertiary alicyclic amines) is 1. The minimum absolute atomic E-state index is 0.242. The minimum atomic E-state index is -1.56. The number of quaternary nitrogens is 1. The van der Waals surface area contributed by atoms with Gasteiger partial charge in [-0.15, -0.1) is 0 Å². The highest BCUT2D eigenvalue weighted by Crippen LogP contribution is 2.44. The fourth-order valence-corrected chi connectivity index (χ4v) is 8.13. The molecule has 12 nitrogen and oxygen atoms in total. The number of hydroxylamine groups is 7. The summed E-state index contributed by atoms with van der Waals surface area (Å²) in [5, 5.41) is 35.1. The quantitative estimate of drug-likeness (QED) is 0.149. The van der Waals surface area contributed by atoms with Crippen LogP contribution in [0, 0.1) is 5.92 Å². The largest absolute Gasteiger partial charge is 0.462 e. The van der Waals surface area contributed by atoms with Crippen molar-refractivity contribution in [3.63, 3.8) is 0 Å². The molecule has 12 heteroatoms. The lowest BCUT2D eigenvalue weighted by molar-refractivity contribution is -1.16. The molecule has 0 aromatic carbocycles. The lowest BCUT2D eigenvalue weighted by atomic mass is 9.78. The highest BCUT2D eigenvalue weighted by molar-refractivity contribution is 5.98. The number of ether oxygens (including phenoxy) is 3. The second-order valence-corrected chi connectivity index (χ2v) is 17.7. The Bertz CT molecular complexity index is 1030. The van der Waals surface area contributed by atoms with Gasteiger partial charge in [0.2, 0.25) is 0 Å². The van der Waals surface area contributed by atoms with E-state index < -0.39 is 81.8 Å². The summed E-state index contributed by atoms with van der Waals surface area (Å²) in [5.74, 6) is -4.03. The van der Waals surface area contributed by atoms with Crippen LogP contribution in [0.15, 0.2) is 0 Å². The molecule has 0 aromatic heterocycles. The van der Waals surface area contributed by atoms with Crippen molar-refractivity contribution >= 4 is 17.9 Å². The molecule has 0 atom stereocenters. The highest BCUT2D eigenvalue weighted by atomic mass is 16.6. The number of esters is 3. The van der Waals surface area contributed by atoms with Crippen LogP contribution < -0.4 is 0 Å². The van der Waals surface area contributed by atoms with Gasteiger partial charge in [-0.2, -0.15) is 14.8 Å². The summed E-state index contributed by atoms with van der Waals surface area (Å²) in [4.78, 5) is 40.9. The van der Waals surface area contributed by atoms with Crippen molar-refractivity contribution in [2.75, 3.05) is 7.05 Å². The molecule has 260 valence electrons. The van der Waals surface area contributed by atoms with Gasteiger partial charge in [0.25, 0.3) is 0 Å². The summed E-state index contributed by atoms with van der Waals surface area (Å²) in [6.07, 6.45) is -0.207. The monoisotopic (exact) mass is 642 g/mol. The average Bonchev–Trinajstić information content (AvgIpc) is 2.81. The van der Waals surface area contributed by atoms with Crippen LogP contribution in [-0.4, -0.2) is 107 Å². The maximum Gasteiger partial charge on any atom is 0.321 e. The van der Waals surface area contributed by atoms with Crippen molar-refractivity contribution in [3.05, 3.63) is 0 Å². The smallest absolute Gasteiger partial charge is 0.321 e. The summed E-state index contributed by atoms with van der Waals surface area (Å²) in [6, 6.07) is 0. The molecule has 0 unspecified atom stereocenters. The third kappa shape index (κ3) is 7.67. The van der Waals surface area contributed by atoms with E-state index in [0.29, 0.717) is 38.5 Å². The van der Waals surface area contributed by atoms with E-state index in [1.807, 2.05) is 83.1 Å². The first kappa shape index (κ1) is 37.6. The summed E-state index contributed by atoms with van der Waals surface area (Å²) in [7, 11) is 1.74. The number of hydrogen-bond donors (Lipinski definition) is 3. The molecule has 3 N–H and O–H groups in total. The van der Waals surface area contributed by atoms with E-state index in [2.05, 4.69) is 0 Å². The Morgan fingerprint density at radius 2 is 0.911 bits per heavy atom. The van der Waals surface area contributed by atoms with Crippen molar-refractivity contribution in [2.24, 2.45) is 5.92 Å². The van der Waals surface area contributed by atoms with E-state index >= 15 is 0 Å². The van der Waals surface area contributed by atoms with Crippen LogP contribution in [0.2, 0.25) is 0 Å². The lowest BCUT2D eigenvalue weighted by Gasteiger charge is -2.55. The first-order chi connectivity index (χ1) is 20.0. The molecule has 0 amide bonds. The second-order valence-electron chi connectivity index (χ2n) is 17.7. The maximum atomic E-state index is 13.7. The molecule has 3 heterocycles. The van der Waals surface area contributed by atoms with Gasteiger partial charge in [-0.05, 0) is 83.1 Å². The molecular weight excluding hydrogens is 582 g/mol. The van der Waals surface area contributed by atoms with Gasteiger partial charge in [0.1, 0.15) is 29.4 Å². The van der Waals surface area contributed by atoms with E-state index in [1.165, 1.54) is 10.1 Å². The van der Waals surface area contributed by atoms with Crippen LogP contribution in [-0.2, 0) is 28.6 Å². The van der Waals surface area contributed by atoms with Gasteiger partial charge in [-0.3, -0.25) is 14.4 Å². The molecular formula is C33H60N3O9+.